The number of nitrogens with zero attached hydrogens (tertiary/aromatic N) is 3. The Bertz CT molecular complexity index is 778. The lowest BCUT2D eigenvalue weighted by atomic mass is 9.99. The van der Waals surface area contributed by atoms with Crippen molar-refractivity contribution in [3.8, 4) is 0 Å². The van der Waals surface area contributed by atoms with Crippen molar-refractivity contribution >= 4 is 23.4 Å². The Morgan fingerprint density at radius 3 is 2.58 bits per heavy atom. The van der Waals surface area contributed by atoms with Crippen molar-refractivity contribution in [2.75, 3.05) is 11.1 Å². The van der Waals surface area contributed by atoms with Gasteiger partial charge in [-0.3, -0.25) is 4.79 Å². The van der Waals surface area contributed by atoms with Gasteiger partial charge in [-0.25, -0.2) is 0 Å². The van der Waals surface area contributed by atoms with E-state index in [1.165, 1.54) is 43.0 Å². The Labute approximate surface area is 159 Å². The van der Waals surface area contributed by atoms with Gasteiger partial charge in [-0.1, -0.05) is 37.7 Å². The van der Waals surface area contributed by atoms with Crippen LogP contribution in [-0.4, -0.2) is 26.4 Å². The molecule has 2 aliphatic carbocycles. The van der Waals surface area contributed by atoms with Gasteiger partial charge in [0.2, 0.25) is 5.91 Å². The molecule has 5 nitrogen and oxygen atoms in total. The number of hydrogen-bond donors (Lipinski definition) is 1. The molecule has 1 amide bonds. The minimum absolute atomic E-state index is 0.00427. The first kappa shape index (κ1) is 17.6. The summed E-state index contributed by atoms with van der Waals surface area (Å²) in [5.74, 6) is 2.64. The van der Waals surface area contributed by atoms with E-state index < -0.39 is 0 Å². The topological polar surface area (TPSA) is 59.8 Å². The van der Waals surface area contributed by atoms with E-state index in [9.17, 15) is 4.79 Å². The summed E-state index contributed by atoms with van der Waals surface area (Å²) in [7, 11) is 0. The van der Waals surface area contributed by atoms with Crippen molar-refractivity contribution in [3.05, 3.63) is 35.7 Å². The number of benzene rings is 1. The van der Waals surface area contributed by atoms with E-state index in [0.29, 0.717) is 23.6 Å². The summed E-state index contributed by atoms with van der Waals surface area (Å²) in [5.41, 5.74) is 2.16. The second-order valence-corrected chi connectivity index (χ2v) is 8.43. The molecule has 2 aliphatic rings. The Balaban J connectivity index is 1.34. The summed E-state index contributed by atoms with van der Waals surface area (Å²) in [5, 5.41) is 12.6. The lowest BCUT2D eigenvalue weighted by Gasteiger charge is -2.11. The van der Waals surface area contributed by atoms with Crippen LogP contribution in [0.4, 0.5) is 5.69 Å². The maximum atomic E-state index is 12.3. The molecule has 0 radical (unpaired) electrons. The molecule has 1 atom stereocenters. The van der Waals surface area contributed by atoms with E-state index in [-0.39, 0.29) is 5.91 Å². The zero-order valence-electron chi connectivity index (χ0n) is 15.4. The summed E-state index contributed by atoms with van der Waals surface area (Å²) < 4.78 is 2.29. The summed E-state index contributed by atoms with van der Waals surface area (Å²) >= 11 is 1.50. The van der Waals surface area contributed by atoms with Crippen LogP contribution in [0.15, 0.2) is 29.4 Å². The standard InChI is InChI=1S/C20H26N4OS/c1-3-13(2)14-6-8-16(9-7-14)21-18(25)12-26-20-23-22-19(15-4-5-15)24(20)17-10-11-17/h6-9,13,15,17H,3-5,10-12H2,1-2H3,(H,21,25). The molecule has 2 saturated carbocycles. The molecule has 0 saturated heterocycles. The van der Waals surface area contributed by atoms with Crippen molar-refractivity contribution in [2.24, 2.45) is 0 Å². The lowest BCUT2D eigenvalue weighted by molar-refractivity contribution is -0.113. The van der Waals surface area contributed by atoms with Gasteiger partial charge in [-0.15, -0.1) is 10.2 Å². The Morgan fingerprint density at radius 2 is 1.96 bits per heavy atom. The lowest BCUT2D eigenvalue weighted by Crippen LogP contribution is -2.14. The first-order chi connectivity index (χ1) is 12.7. The Hall–Kier alpha value is -1.82. The molecule has 4 rings (SSSR count). The second kappa shape index (κ2) is 7.43. The van der Waals surface area contributed by atoms with Gasteiger partial charge in [-0.2, -0.15) is 0 Å². The minimum Gasteiger partial charge on any atom is -0.325 e. The molecular weight excluding hydrogens is 344 g/mol. The quantitative estimate of drug-likeness (QED) is 0.682. The first-order valence-corrected chi connectivity index (χ1v) is 10.6. The number of amides is 1. The molecule has 0 spiro atoms. The van der Waals surface area contributed by atoms with Crippen molar-refractivity contribution in [2.45, 2.75) is 69.0 Å². The molecule has 138 valence electrons. The van der Waals surface area contributed by atoms with Crippen LogP contribution in [0.5, 0.6) is 0 Å². The highest BCUT2D eigenvalue weighted by atomic mass is 32.2. The average molecular weight is 371 g/mol. The van der Waals surface area contributed by atoms with Gasteiger partial charge in [-0.05, 0) is 55.7 Å². The van der Waals surface area contributed by atoms with Crippen LogP contribution in [0.2, 0.25) is 0 Å². The third-order valence-electron chi connectivity index (χ3n) is 5.25. The summed E-state index contributed by atoms with van der Waals surface area (Å²) in [6.07, 6.45) is 5.98. The fourth-order valence-electron chi connectivity index (χ4n) is 3.14. The molecule has 0 aliphatic heterocycles. The molecule has 2 aromatic rings. The number of hydrogen-bond acceptors (Lipinski definition) is 4. The smallest absolute Gasteiger partial charge is 0.234 e. The number of nitrogens with one attached hydrogen (secondary N) is 1. The first-order valence-electron chi connectivity index (χ1n) is 9.63. The highest BCUT2D eigenvalue weighted by molar-refractivity contribution is 7.99. The van der Waals surface area contributed by atoms with Gasteiger partial charge in [0, 0.05) is 17.6 Å². The number of anilines is 1. The van der Waals surface area contributed by atoms with E-state index in [1.54, 1.807) is 0 Å². The van der Waals surface area contributed by atoms with Crippen LogP contribution in [-0.2, 0) is 4.79 Å². The van der Waals surface area contributed by atoms with Crippen LogP contribution >= 0.6 is 11.8 Å². The number of rotatable bonds is 8. The molecule has 0 bridgehead atoms. The van der Waals surface area contributed by atoms with Gasteiger partial charge < -0.3 is 9.88 Å². The van der Waals surface area contributed by atoms with Gasteiger partial charge in [0.05, 0.1) is 5.75 Å². The number of aromatic nitrogens is 3. The van der Waals surface area contributed by atoms with E-state index in [2.05, 4.69) is 46.1 Å². The molecular formula is C20H26N4OS. The van der Waals surface area contributed by atoms with E-state index in [1.807, 2.05) is 12.1 Å². The van der Waals surface area contributed by atoms with Crippen LogP contribution in [0, 0.1) is 0 Å². The monoisotopic (exact) mass is 370 g/mol. The predicted octanol–water partition coefficient (Wildman–Crippen LogP) is 4.73. The Morgan fingerprint density at radius 1 is 1.23 bits per heavy atom. The number of carbonyl (C=O) groups is 1. The molecule has 6 heteroatoms. The van der Waals surface area contributed by atoms with Gasteiger partial charge in [0.25, 0.3) is 0 Å². The summed E-state index contributed by atoms with van der Waals surface area (Å²) in [6.45, 7) is 4.41. The fraction of sp³-hybridized carbons (Fsp3) is 0.550. The minimum atomic E-state index is 0.00427. The summed E-state index contributed by atoms with van der Waals surface area (Å²) in [6, 6.07) is 8.73. The van der Waals surface area contributed by atoms with Crippen molar-refractivity contribution < 1.29 is 4.79 Å². The van der Waals surface area contributed by atoms with Crippen LogP contribution in [0.3, 0.4) is 0 Å². The zero-order valence-corrected chi connectivity index (χ0v) is 16.3. The fourth-order valence-corrected chi connectivity index (χ4v) is 3.95. The molecule has 2 fully saturated rings. The van der Waals surface area contributed by atoms with Crippen LogP contribution < -0.4 is 5.32 Å². The van der Waals surface area contributed by atoms with E-state index >= 15 is 0 Å². The second-order valence-electron chi connectivity index (χ2n) is 7.48. The van der Waals surface area contributed by atoms with Gasteiger partial charge >= 0.3 is 0 Å². The third kappa shape index (κ3) is 3.95. The van der Waals surface area contributed by atoms with E-state index in [4.69, 9.17) is 0 Å². The number of carbonyl (C=O) groups excluding carboxylic acids is 1. The number of thioether (sulfide) groups is 1. The van der Waals surface area contributed by atoms with Crippen molar-refractivity contribution in [1.82, 2.24) is 14.8 Å². The van der Waals surface area contributed by atoms with Crippen molar-refractivity contribution in [3.63, 3.8) is 0 Å². The van der Waals surface area contributed by atoms with Crippen molar-refractivity contribution in [1.29, 1.82) is 0 Å². The van der Waals surface area contributed by atoms with Gasteiger partial charge in [0.1, 0.15) is 5.82 Å². The average Bonchev–Trinajstić information content (AvgIpc) is 3.58. The van der Waals surface area contributed by atoms with Crippen LogP contribution in [0.25, 0.3) is 0 Å². The highest BCUT2D eigenvalue weighted by Gasteiger charge is 2.36. The highest BCUT2D eigenvalue weighted by Crippen LogP contribution is 2.45. The summed E-state index contributed by atoms with van der Waals surface area (Å²) in [4.78, 5) is 12.3. The molecule has 1 heterocycles. The Kier molecular flexibility index (Phi) is 5.02. The van der Waals surface area contributed by atoms with Crippen LogP contribution in [0.1, 0.15) is 75.2 Å². The maximum Gasteiger partial charge on any atom is 0.234 e. The normalized spacial score (nSPS) is 17.9. The largest absolute Gasteiger partial charge is 0.325 e. The third-order valence-corrected chi connectivity index (χ3v) is 6.20. The van der Waals surface area contributed by atoms with Gasteiger partial charge in [0.15, 0.2) is 5.16 Å². The SMILES string of the molecule is CCC(C)c1ccc(NC(=O)CSc2nnc(C3CC3)n2C2CC2)cc1. The molecule has 1 aromatic carbocycles. The van der Waals surface area contributed by atoms with E-state index in [0.717, 1.165) is 23.1 Å². The molecule has 26 heavy (non-hydrogen) atoms. The molecule has 1 aromatic heterocycles. The maximum absolute atomic E-state index is 12.3. The molecule has 1 unspecified atom stereocenters. The molecule has 1 N–H and O–H groups in total. The zero-order chi connectivity index (χ0) is 18.1. The predicted molar refractivity (Wildman–Crippen MR) is 105 cm³/mol.